The number of hydrogen-bond acceptors (Lipinski definition) is 5. The van der Waals surface area contributed by atoms with E-state index in [2.05, 4.69) is 43.5 Å². The van der Waals surface area contributed by atoms with E-state index < -0.39 is 12.1 Å². The van der Waals surface area contributed by atoms with Gasteiger partial charge in [-0.15, -0.1) is 0 Å². The zero-order chi connectivity index (χ0) is 45.8. The Kier molecular flexibility index (Phi) is 51.6. The molecule has 2 atom stereocenters. The van der Waals surface area contributed by atoms with Crippen LogP contribution in [-0.4, -0.2) is 47.4 Å². The maximum absolute atomic E-state index is 12.4. The maximum atomic E-state index is 12.4. The Morgan fingerprint density at radius 1 is 0.429 bits per heavy atom. The molecule has 0 aromatic carbocycles. The Hall–Kier alpha value is -1.66. The molecule has 0 aliphatic rings. The highest BCUT2D eigenvalue weighted by atomic mass is 16.5. The van der Waals surface area contributed by atoms with Crippen molar-refractivity contribution in [3.05, 3.63) is 24.3 Å². The molecule has 0 rings (SSSR count). The molecule has 0 saturated carbocycles. The molecule has 372 valence electrons. The first-order valence-corrected chi connectivity index (χ1v) is 28.1. The maximum Gasteiger partial charge on any atom is 0.305 e. The standard InChI is InChI=1S/C57H109NO5/c1-3-5-7-9-11-13-15-16-17-20-24-27-31-35-39-43-47-51-57(62)63-52-48-44-40-36-32-28-25-22-19-18-21-23-26-30-34-38-42-46-50-56(61)58-54(53-59)55(60)49-45-41-37-33-29-14-12-10-8-6-4-2/h16-17,21,23,54-55,59-60H,3-15,18-20,22,24-53H2,1-2H3,(H,58,61)/b17-16-,23-21-. The van der Waals surface area contributed by atoms with Gasteiger partial charge in [0.05, 0.1) is 25.4 Å². The van der Waals surface area contributed by atoms with Crippen molar-refractivity contribution in [1.29, 1.82) is 0 Å². The lowest BCUT2D eigenvalue weighted by atomic mass is 10.0. The molecule has 0 aromatic heterocycles. The number of aliphatic hydroxyl groups excluding tert-OH is 2. The van der Waals surface area contributed by atoms with Crippen LogP contribution in [0.5, 0.6) is 0 Å². The second-order valence-electron chi connectivity index (χ2n) is 19.3. The fourth-order valence-corrected chi connectivity index (χ4v) is 8.63. The summed E-state index contributed by atoms with van der Waals surface area (Å²) in [4.78, 5) is 24.5. The highest BCUT2D eigenvalue weighted by molar-refractivity contribution is 5.76. The molecule has 2 unspecified atom stereocenters. The van der Waals surface area contributed by atoms with Gasteiger partial charge in [-0.1, -0.05) is 237 Å². The fourth-order valence-electron chi connectivity index (χ4n) is 8.63. The van der Waals surface area contributed by atoms with Crippen molar-refractivity contribution in [2.75, 3.05) is 13.2 Å². The summed E-state index contributed by atoms with van der Waals surface area (Å²) in [6.07, 6.45) is 63.1. The van der Waals surface area contributed by atoms with Gasteiger partial charge in [-0.05, 0) is 77.0 Å². The van der Waals surface area contributed by atoms with E-state index in [4.69, 9.17) is 4.74 Å². The Morgan fingerprint density at radius 3 is 1.13 bits per heavy atom. The van der Waals surface area contributed by atoms with Crippen molar-refractivity contribution in [1.82, 2.24) is 5.32 Å². The van der Waals surface area contributed by atoms with E-state index in [1.165, 1.54) is 212 Å². The molecule has 3 N–H and O–H groups in total. The molecule has 0 aliphatic carbocycles. The lowest BCUT2D eigenvalue weighted by Gasteiger charge is -2.22. The third-order valence-corrected chi connectivity index (χ3v) is 13.0. The normalized spacial score (nSPS) is 12.8. The van der Waals surface area contributed by atoms with E-state index in [-0.39, 0.29) is 18.5 Å². The highest BCUT2D eigenvalue weighted by Crippen LogP contribution is 2.16. The summed E-state index contributed by atoms with van der Waals surface area (Å²) in [6.45, 7) is 4.93. The summed E-state index contributed by atoms with van der Waals surface area (Å²) in [5, 5.41) is 23.1. The molecule has 0 radical (unpaired) electrons. The summed E-state index contributed by atoms with van der Waals surface area (Å²) in [7, 11) is 0. The molecule has 0 bridgehead atoms. The largest absolute Gasteiger partial charge is 0.466 e. The molecule has 6 heteroatoms. The summed E-state index contributed by atoms with van der Waals surface area (Å²) < 4.78 is 5.48. The Balaban J connectivity index is 3.42. The minimum Gasteiger partial charge on any atom is -0.466 e. The van der Waals surface area contributed by atoms with Gasteiger partial charge in [0.1, 0.15) is 0 Å². The minimum atomic E-state index is -0.671. The lowest BCUT2D eigenvalue weighted by Crippen LogP contribution is -2.45. The average molecular weight is 889 g/mol. The van der Waals surface area contributed by atoms with Crippen molar-refractivity contribution in [2.24, 2.45) is 0 Å². The third kappa shape index (κ3) is 49.6. The SMILES string of the molecule is CCCCCCCC/C=C\CCCCCCCCCC(=O)OCCCCCCCCCCC/C=C\CCCCCCCC(=O)NC(CO)C(O)CCCCCCCCCCCCC. The number of carbonyl (C=O) groups excluding carboxylic acids is 2. The zero-order valence-corrected chi connectivity index (χ0v) is 42.3. The average Bonchev–Trinajstić information content (AvgIpc) is 3.28. The van der Waals surface area contributed by atoms with Gasteiger partial charge in [0.15, 0.2) is 0 Å². The number of hydrogen-bond donors (Lipinski definition) is 3. The lowest BCUT2D eigenvalue weighted by molar-refractivity contribution is -0.143. The molecule has 6 nitrogen and oxygen atoms in total. The van der Waals surface area contributed by atoms with Gasteiger partial charge in [0.25, 0.3) is 0 Å². The van der Waals surface area contributed by atoms with E-state index in [1.807, 2.05) is 0 Å². The van der Waals surface area contributed by atoms with Crippen molar-refractivity contribution in [3.63, 3.8) is 0 Å². The topological polar surface area (TPSA) is 95.9 Å². The molecule has 1 amide bonds. The van der Waals surface area contributed by atoms with Gasteiger partial charge in [-0.2, -0.15) is 0 Å². The fraction of sp³-hybridized carbons (Fsp3) is 0.895. The highest BCUT2D eigenvalue weighted by Gasteiger charge is 2.20. The number of aliphatic hydroxyl groups is 2. The molecular weight excluding hydrogens is 779 g/mol. The number of rotatable bonds is 52. The van der Waals surface area contributed by atoms with E-state index in [0.29, 0.717) is 25.9 Å². The van der Waals surface area contributed by atoms with Crippen molar-refractivity contribution in [3.8, 4) is 0 Å². The molecule has 0 spiro atoms. The van der Waals surface area contributed by atoms with Crippen LogP contribution >= 0.6 is 0 Å². The smallest absolute Gasteiger partial charge is 0.305 e. The number of nitrogens with one attached hydrogen (secondary N) is 1. The van der Waals surface area contributed by atoms with Gasteiger partial charge in [0, 0.05) is 12.8 Å². The van der Waals surface area contributed by atoms with E-state index >= 15 is 0 Å². The second kappa shape index (κ2) is 53.0. The molecule has 0 aliphatic heterocycles. The molecular formula is C57H109NO5. The molecule has 63 heavy (non-hydrogen) atoms. The molecule has 0 heterocycles. The first-order valence-electron chi connectivity index (χ1n) is 28.1. The summed E-state index contributed by atoms with van der Waals surface area (Å²) >= 11 is 0. The zero-order valence-electron chi connectivity index (χ0n) is 42.3. The van der Waals surface area contributed by atoms with Crippen molar-refractivity contribution >= 4 is 11.9 Å². The number of unbranched alkanes of at least 4 members (excludes halogenated alkanes) is 37. The van der Waals surface area contributed by atoms with Crippen LogP contribution in [0.15, 0.2) is 24.3 Å². The van der Waals surface area contributed by atoms with E-state index in [9.17, 15) is 19.8 Å². The van der Waals surface area contributed by atoms with Crippen LogP contribution in [0.25, 0.3) is 0 Å². The van der Waals surface area contributed by atoms with Gasteiger partial charge >= 0.3 is 5.97 Å². The van der Waals surface area contributed by atoms with Crippen LogP contribution < -0.4 is 5.32 Å². The number of allylic oxidation sites excluding steroid dienone is 4. The van der Waals surface area contributed by atoms with Crippen LogP contribution in [0.3, 0.4) is 0 Å². The van der Waals surface area contributed by atoms with Crippen LogP contribution in [0.2, 0.25) is 0 Å². The number of esters is 1. The summed E-state index contributed by atoms with van der Waals surface area (Å²) in [5.74, 6) is -0.0507. The first kappa shape index (κ1) is 61.3. The van der Waals surface area contributed by atoms with Crippen LogP contribution in [0.4, 0.5) is 0 Å². The monoisotopic (exact) mass is 888 g/mol. The predicted molar refractivity (Wildman–Crippen MR) is 273 cm³/mol. The quantitative estimate of drug-likeness (QED) is 0.0321. The molecule has 0 saturated heterocycles. The van der Waals surface area contributed by atoms with Crippen molar-refractivity contribution in [2.45, 2.75) is 315 Å². The number of amides is 1. The minimum absolute atomic E-state index is 0.000432. The molecule has 0 fully saturated rings. The van der Waals surface area contributed by atoms with E-state index in [0.717, 1.165) is 57.8 Å². The first-order chi connectivity index (χ1) is 31.0. The third-order valence-electron chi connectivity index (χ3n) is 13.0. The van der Waals surface area contributed by atoms with Gasteiger partial charge in [-0.3, -0.25) is 9.59 Å². The Morgan fingerprint density at radius 2 is 0.746 bits per heavy atom. The summed E-state index contributed by atoms with van der Waals surface area (Å²) in [6, 6.07) is -0.550. The van der Waals surface area contributed by atoms with Crippen LogP contribution in [-0.2, 0) is 14.3 Å². The Labute approximate surface area is 392 Å². The van der Waals surface area contributed by atoms with Crippen LogP contribution in [0.1, 0.15) is 303 Å². The van der Waals surface area contributed by atoms with Gasteiger partial charge < -0.3 is 20.3 Å². The van der Waals surface area contributed by atoms with Gasteiger partial charge in [-0.25, -0.2) is 0 Å². The van der Waals surface area contributed by atoms with Gasteiger partial charge in [0.2, 0.25) is 5.91 Å². The number of ether oxygens (including phenoxy) is 1. The van der Waals surface area contributed by atoms with E-state index in [1.54, 1.807) is 0 Å². The summed E-state index contributed by atoms with van der Waals surface area (Å²) in [5.41, 5.74) is 0. The van der Waals surface area contributed by atoms with Crippen molar-refractivity contribution < 1.29 is 24.5 Å². The number of carbonyl (C=O) groups is 2. The van der Waals surface area contributed by atoms with Crippen LogP contribution in [0, 0.1) is 0 Å². The second-order valence-corrected chi connectivity index (χ2v) is 19.3. The molecule has 0 aromatic rings. The predicted octanol–water partition coefficient (Wildman–Crippen LogP) is 17.1. The Bertz CT molecular complexity index is 982.